The number of hydrogen-bond acceptors (Lipinski definition) is 3. The highest BCUT2D eigenvalue weighted by atomic mass is 19.3. The number of alkyl halides is 2. The number of nitrogens with one attached hydrogen (secondary N) is 1. The number of benzene rings is 1. The predicted molar refractivity (Wildman–Crippen MR) is 63.5 cm³/mol. The van der Waals surface area contributed by atoms with E-state index in [2.05, 4.69) is 16.1 Å². The minimum atomic E-state index is -2.83. The van der Waals surface area contributed by atoms with Crippen LogP contribution in [0.3, 0.4) is 0 Å². The second-order valence-corrected chi connectivity index (χ2v) is 4.56. The van der Waals surface area contributed by atoms with E-state index in [9.17, 15) is 8.78 Å². The summed E-state index contributed by atoms with van der Waals surface area (Å²) in [6.07, 6.45) is 2.51. The van der Waals surface area contributed by atoms with Gasteiger partial charge in [0.15, 0.2) is 0 Å². The molecule has 1 fully saturated rings. The lowest BCUT2D eigenvalue weighted by molar-refractivity contribution is -0.0493. The zero-order valence-electron chi connectivity index (χ0n) is 9.83. The first kappa shape index (κ1) is 12.6. The fourth-order valence-corrected chi connectivity index (χ4v) is 1.85. The molecule has 1 aromatic rings. The van der Waals surface area contributed by atoms with Crippen LogP contribution in [-0.4, -0.2) is 13.2 Å². The van der Waals surface area contributed by atoms with Crippen molar-refractivity contribution < 1.29 is 13.5 Å². The molecule has 1 aliphatic rings. The summed E-state index contributed by atoms with van der Waals surface area (Å²) in [5, 5.41) is 11.8. The predicted octanol–water partition coefficient (Wildman–Crippen LogP) is 3.39. The monoisotopic (exact) mass is 252 g/mol. The van der Waals surface area contributed by atoms with Crippen molar-refractivity contribution in [3.05, 3.63) is 24.3 Å². The fourth-order valence-electron chi connectivity index (χ4n) is 1.85. The van der Waals surface area contributed by atoms with E-state index < -0.39 is 6.61 Å². The summed E-state index contributed by atoms with van der Waals surface area (Å²) in [5.41, 5.74) is 0.564. The number of nitriles is 1. The summed E-state index contributed by atoms with van der Waals surface area (Å²) in [6, 6.07) is 8.75. The number of nitrogens with zero attached hydrogens (tertiary/aromatic N) is 1. The number of hydrogen-bond donors (Lipinski definition) is 1. The molecule has 5 heteroatoms. The Bertz CT molecular complexity index is 453. The summed E-state index contributed by atoms with van der Waals surface area (Å²) >= 11 is 0. The molecule has 1 saturated carbocycles. The third-order valence-corrected chi connectivity index (χ3v) is 3.17. The SMILES string of the molecule is N#CCC1(CNc2ccccc2OC(F)F)CC1. The van der Waals surface area contributed by atoms with Crippen LogP contribution in [0.4, 0.5) is 14.5 Å². The molecule has 1 aliphatic carbocycles. The highest BCUT2D eigenvalue weighted by Crippen LogP contribution is 2.48. The molecule has 0 atom stereocenters. The van der Waals surface area contributed by atoms with E-state index in [0.29, 0.717) is 18.7 Å². The van der Waals surface area contributed by atoms with E-state index in [1.807, 2.05) is 0 Å². The smallest absolute Gasteiger partial charge is 0.387 e. The van der Waals surface area contributed by atoms with Gasteiger partial charge in [-0.15, -0.1) is 0 Å². The van der Waals surface area contributed by atoms with E-state index in [1.165, 1.54) is 6.07 Å². The largest absolute Gasteiger partial charge is 0.433 e. The van der Waals surface area contributed by atoms with E-state index in [1.54, 1.807) is 18.2 Å². The maximum atomic E-state index is 12.2. The van der Waals surface area contributed by atoms with Crippen molar-refractivity contribution in [2.75, 3.05) is 11.9 Å². The highest BCUT2D eigenvalue weighted by Gasteiger charge is 2.42. The average molecular weight is 252 g/mol. The van der Waals surface area contributed by atoms with Crippen molar-refractivity contribution in [2.45, 2.75) is 25.9 Å². The molecule has 0 bridgehead atoms. The van der Waals surface area contributed by atoms with E-state index in [-0.39, 0.29) is 11.2 Å². The van der Waals surface area contributed by atoms with Gasteiger partial charge in [-0.05, 0) is 25.0 Å². The van der Waals surface area contributed by atoms with Gasteiger partial charge in [0.05, 0.1) is 11.8 Å². The summed E-state index contributed by atoms with van der Waals surface area (Å²) in [6.45, 7) is -2.22. The van der Waals surface area contributed by atoms with Gasteiger partial charge in [-0.2, -0.15) is 14.0 Å². The molecule has 2 rings (SSSR count). The Labute approximate surface area is 104 Å². The number of rotatable bonds is 6. The van der Waals surface area contributed by atoms with E-state index in [0.717, 1.165) is 12.8 Å². The van der Waals surface area contributed by atoms with Gasteiger partial charge in [-0.3, -0.25) is 0 Å². The molecule has 0 amide bonds. The van der Waals surface area contributed by atoms with Crippen molar-refractivity contribution in [3.63, 3.8) is 0 Å². The van der Waals surface area contributed by atoms with Gasteiger partial charge in [-0.25, -0.2) is 0 Å². The molecule has 0 aromatic heterocycles. The van der Waals surface area contributed by atoms with Crippen molar-refractivity contribution in [3.8, 4) is 11.8 Å². The van der Waals surface area contributed by atoms with Crippen LogP contribution in [0.2, 0.25) is 0 Å². The quantitative estimate of drug-likeness (QED) is 0.844. The number of para-hydroxylation sites is 2. The Morgan fingerprint density at radius 2 is 2.11 bits per heavy atom. The molecule has 0 unspecified atom stereocenters. The Morgan fingerprint density at radius 1 is 1.39 bits per heavy atom. The highest BCUT2D eigenvalue weighted by molar-refractivity contribution is 5.56. The fraction of sp³-hybridized carbons (Fsp3) is 0.462. The minimum absolute atomic E-state index is 0.0205. The van der Waals surface area contributed by atoms with Crippen molar-refractivity contribution in [1.29, 1.82) is 5.26 Å². The summed E-state index contributed by atoms with van der Waals surface area (Å²) < 4.78 is 28.9. The first-order chi connectivity index (χ1) is 8.65. The molecule has 1 N–H and O–H groups in total. The zero-order valence-corrected chi connectivity index (χ0v) is 9.83. The molecule has 0 saturated heterocycles. The molecular formula is C13H14F2N2O. The molecule has 18 heavy (non-hydrogen) atoms. The second kappa shape index (κ2) is 5.21. The number of anilines is 1. The van der Waals surface area contributed by atoms with Crippen LogP contribution in [0.5, 0.6) is 5.75 Å². The maximum absolute atomic E-state index is 12.2. The van der Waals surface area contributed by atoms with Crippen LogP contribution in [0, 0.1) is 16.7 Å². The van der Waals surface area contributed by atoms with E-state index in [4.69, 9.17) is 5.26 Å². The lowest BCUT2D eigenvalue weighted by Crippen LogP contribution is -2.16. The average Bonchev–Trinajstić information content (AvgIpc) is 3.08. The topological polar surface area (TPSA) is 45.0 Å². The minimum Gasteiger partial charge on any atom is -0.433 e. The molecule has 3 nitrogen and oxygen atoms in total. The van der Waals surface area contributed by atoms with Gasteiger partial charge in [0.25, 0.3) is 0 Å². The van der Waals surface area contributed by atoms with Crippen LogP contribution in [0.15, 0.2) is 24.3 Å². The van der Waals surface area contributed by atoms with Gasteiger partial charge in [0.2, 0.25) is 0 Å². The second-order valence-electron chi connectivity index (χ2n) is 4.56. The molecule has 0 spiro atoms. The lowest BCUT2D eigenvalue weighted by Gasteiger charge is -2.16. The lowest BCUT2D eigenvalue weighted by atomic mass is 10.0. The molecular weight excluding hydrogens is 238 g/mol. The van der Waals surface area contributed by atoms with Crippen LogP contribution in [0.1, 0.15) is 19.3 Å². The van der Waals surface area contributed by atoms with Crippen molar-refractivity contribution in [1.82, 2.24) is 0 Å². The van der Waals surface area contributed by atoms with Crippen LogP contribution in [0.25, 0.3) is 0 Å². The maximum Gasteiger partial charge on any atom is 0.387 e. The van der Waals surface area contributed by atoms with Gasteiger partial charge < -0.3 is 10.1 Å². The summed E-state index contributed by atoms with van der Waals surface area (Å²) in [7, 11) is 0. The molecule has 1 aromatic carbocycles. The summed E-state index contributed by atoms with van der Waals surface area (Å²) in [5.74, 6) is 0.139. The van der Waals surface area contributed by atoms with Crippen LogP contribution >= 0.6 is 0 Å². The van der Waals surface area contributed by atoms with Gasteiger partial charge in [0, 0.05) is 18.4 Å². The number of ether oxygens (including phenoxy) is 1. The first-order valence-electron chi connectivity index (χ1n) is 5.80. The zero-order chi connectivity index (χ0) is 13.0. The third-order valence-electron chi connectivity index (χ3n) is 3.17. The van der Waals surface area contributed by atoms with E-state index >= 15 is 0 Å². The normalized spacial score (nSPS) is 16.1. The van der Waals surface area contributed by atoms with Crippen LogP contribution < -0.4 is 10.1 Å². The molecule has 0 radical (unpaired) electrons. The Balaban J connectivity index is 1.99. The van der Waals surface area contributed by atoms with Crippen LogP contribution in [-0.2, 0) is 0 Å². The van der Waals surface area contributed by atoms with Gasteiger partial charge in [-0.1, -0.05) is 12.1 Å². The Morgan fingerprint density at radius 3 is 2.72 bits per heavy atom. The first-order valence-corrected chi connectivity index (χ1v) is 5.80. The molecule has 96 valence electrons. The van der Waals surface area contributed by atoms with Crippen molar-refractivity contribution in [2.24, 2.45) is 5.41 Å². The van der Waals surface area contributed by atoms with Gasteiger partial charge >= 0.3 is 6.61 Å². The Hall–Kier alpha value is -1.83. The third kappa shape index (κ3) is 3.10. The standard InChI is InChI=1S/C13H14F2N2O/c14-12(15)18-11-4-2-1-3-10(11)17-9-13(5-6-13)7-8-16/h1-4,12,17H,5-7,9H2. The van der Waals surface area contributed by atoms with Gasteiger partial charge in [0.1, 0.15) is 5.75 Å². The van der Waals surface area contributed by atoms with Crippen molar-refractivity contribution >= 4 is 5.69 Å². The number of halogens is 2. The molecule has 0 aliphatic heterocycles. The summed E-state index contributed by atoms with van der Waals surface area (Å²) in [4.78, 5) is 0. The molecule has 0 heterocycles. The Kier molecular flexibility index (Phi) is 3.66.